The quantitative estimate of drug-likeness (QED) is 0.578. The van der Waals surface area contributed by atoms with Crippen LogP contribution in [0.25, 0.3) is 0 Å². The third-order valence-electron chi connectivity index (χ3n) is 1.74. The maximum Gasteiger partial charge on any atom is 0.135 e. The Balaban J connectivity index is 2.25. The van der Waals surface area contributed by atoms with Crippen LogP contribution >= 0.6 is 11.6 Å². The summed E-state index contributed by atoms with van der Waals surface area (Å²) >= 11 is 5.35. The van der Waals surface area contributed by atoms with Crippen LogP contribution in [0.4, 0.5) is 0 Å². The summed E-state index contributed by atoms with van der Waals surface area (Å²) < 4.78 is 5.10. The molecular weight excluding hydrogens is 152 g/mol. The van der Waals surface area contributed by atoms with E-state index in [4.69, 9.17) is 16.3 Å². The molecule has 1 rings (SSSR count). The minimum absolute atomic E-state index is 0.0961. The molecule has 1 atom stereocenters. The Morgan fingerprint density at radius 1 is 1.70 bits per heavy atom. The second-order valence-corrected chi connectivity index (χ2v) is 2.75. The third kappa shape index (κ3) is 2.27. The predicted molar refractivity (Wildman–Crippen MR) is 39.1 cm³/mol. The average Bonchev–Trinajstić information content (AvgIpc) is 1.88. The molecule has 10 heavy (non-hydrogen) atoms. The lowest BCUT2D eigenvalue weighted by Gasteiger charge is -2.19. The van der Waals surface area contributed by atoms with Gasteiger partial charge >= 0.3 is 0 Å². The van der Waals surface area contributed by atoms with Gasteiger partial charge in [-0.25, -0.2) is 0 Å². The van der Waals surface area contributed by atoms with E-state index < -0.39 is 0 Å². The number of alkyl halides is 1. The first kappa shape index (κ1) is 8.02. The van der Waals surface area contributed by atoms with E-state index in [-0.39, 0.29) is 12.2 Å². The van der Waals surface area contributed by atoms with Crippen molar-refractivity contribution >= 4 is 17.4 Å². The molecule has 2 nitrogen and oxygen atoms in total. The average molecular weight is 163 g/mol. The van der Waals surface area contributed by atoms with Crippen molar-refractivity contribution in [1.82, 2.24) is 0 Å². The Kier molecular flexibility index (Phi) is 3.16. The van der Waals surface area contributed by atoms with E-state index in [0.717, 1.165) is 19.3 Å². The molecule has 0 aromatic rings. The van der Waals surface area contributed by atoms with Crippen LogP contribution in [0, 0.1) is 0 Å². The van der Waals surface area contributed by atoms with Crippen molar-refractivity contribution in [2.24, 2.45) is 0 Å². The second kappa shape index (κ2) is 3.94. The first-order chi connectivity index (χ1) is 4.83. The molecule has 1 fully saturated rings. The zero-order valence-corrected chi connectivity index (χ0v) is 6.56. The summed E-state index contributed by atoms with van der Waals surface area (Å²) in [4.78, 5) is 10.8. The number of hydrogen-bond donors (Lipinski definition) is 0. The zero-order chi connectivity index (χ0) is 7.40. The van der Waals surface area contributed by atoms with Crippen molar-refractivity contribution in [3.05, 3.63) is 0 Å². The molecule has 0 bridgehead atoms. The van der Waals surface area contributed by atoms with Gasteiger partial charge in [0.1, 0.15) is 11.8 Å². The minimum atomic E-state index is 0.0961. The van der Waals surface area contributed by atoms with E-state index in [1.807, 2.05) is 0 Å². The van der Waals surface area contributed by atoms with Crippen LogP contribution in [0.2, 0.25) is 0 Å². The van der Waals surface area contributed by atoms with E-state index in [1.54, 1.807) is 0 Å². The van der Waals surface area contributed by atoms with Crippen LogP contribution < -0.4 is 0 Å². The van der Waals surface area contributed by atoms with E-state index >= 15 is 0 Å². The van der Waals surface area contributed by atoms with Gasteiger partial charge in [0.05, 0.1) is 6.10 Å². The largest absolute Gasteiger partial charge is 0.362 e. The van der Waals surface area contributed by atoms with Crippen molar-refractivity contribution < 1.29 is 9.53 Å². The maximum atomic E-state index is 10.8. The van der Waals surface area contributed by atoms with E-state index in [9.17, 15) is 4.79 Å². The highest BCUT2D eigenvalue weighted by molar-refractivity contribution is 6.17. The number of carbonyl (C=O) groups excluding carboxylic acids is 1. The van der Waals surface area contributed by atoms with E-state index in [0.29, 0.717) is 12.2 Å². The highest BCUT2D eigenvalue weighted by Crippen LogP contribution is 2.17. The molecule has 1 aliphatic rings. The Morgan fingerprint density at radius 2 is 2.50 bits per heavy atom. The van der Waals surface area contributed by atoms with Crippen molar-refractivity contribution in [3.8, 4) is 0 Å². The maximum absolute atomic E-state index is 10.8. The first-order valence-corrected chi connectivity index (χ1v) is 4.05. The summed E-state index contributed by atoms with van der Waals surface area (Å²) in [5.41, 5.74) is 0. The van der Waals surface area contributed by atoms with Gasteiger partial charge < -0.3 is 4.74 Å². The lowest BCUT2D eigenvalue weighted by molar-refractivity contribution is -0.123. The summed E-state index contributed by atoms with van der Waals surface area (Å²) in [5.74, 6) is 0.307. The molecule has 0 spiro atoms. The summed E-state index contributed by atoms with van der Waals surface area (Å²) in [5, 5.41) is 0. The fourth-order valence-corrected chi connectivity index (χ4v) is 1.39. The normalized spacial score (nSPS) is 26.9. The predicted octanol–water partition coefficient (Wildman–Crippen LogP) is 1.71. The minimum Gasteiger partial charge on any atom is -0.362 e. The topological polar surface area (TPSA) is 26.3 Å². The Morgan fingerprint density at radius 3 is 3.10 bits per heavy atom. The monoisotopic (exact) mass is 162 g/mol. The SMILES string of the molecule is O=C1CCCC(OCCl)C1. The molecule has 3 heteroatoms. The molecule has 58 valence electrons. The van der Waals surface area contributed by atoms with Crippen LogP contribution in [0.15, 0.2) is 0 Å². The molecule has 0 heterocycles. The van der Waals surface area contributed by atoms with Gasteiger partial charge in [0.2, 0.25) is 0 Å². The third-order valence-corrected chi connectivity index (χ3v) is 1.86. The van der Waals surface area contributed by atoms with Crippen LogP contribution in [0.5, 0.6) is 0 Å². The Hall–Kier alpha value is -0.0800. The van der Waals surface area contributed by atoms with Crippen molar-refractivity contribution in [2.75, 3.05) is 6.07 Å². The lowest BCUT2D eigenvalue weighted by Crippen LogP contribution is -2.22. The molecule has 1 unspecified atom stereocenters. The molecule has 0 N–H and O–H groups in total. The molecule has 0 radical (unpaired) electrons. The van der Waals surface area contributed by atoms with E-state index in [1.165, 1.54) is 0 Å². The van der Waals surface area contributed by atoms with Gasteiger partial charge in [0.25, 0.3) is 0 Å². The van der Waals surface area contributed by atoms with Crippen LogP contribution in [-0.4, -0.2) is 18.0 Å². The Labute approximate surface area is 65.5 Å². The molecule has 0 saturated heterocycles. The molecular formula is C7H11ClO2. The number of hydrogen-bond acceptors (Lipinski definition) is 2. The number of halogens is 1. The highest BCUT2D eigenvalue weighted by Gasteiger charge is 2.18. The first-order valence-electron chi connectivity index (χ1n) is 3.52. The highest BCUT2D eigenvalue weighted by atomic mass is 35.5. The van der Waals surface area contributed by atoms with E-state index in [2.05, 4.69) is 0 Å². The zero-order valence-electron chi connectivity index (χ0n) is 5.81. The number of carbonyl (C=O) groups is 1. The van der Waals surface area contributed by atoms with Crippen LogP contribution in [0.1, 0.15) is 25.7 Å². The molecule has 1 aliphatic carbocycles. The summed E-state index contributed by atoms with van der Waals surface area (Å²) in [6.07, 6.45) is 3.33. The summed E-state index contributed by atoms with van der Waals surface area (Å²) in [6.45, 7) is 0. The van der Waals surface area contributed by atoms with Gasteiger partial charge in [-0.2, -0.15) is 0 Å². The second-order valence-electron chi connectivity index (χ2n) is 2.53. The van der Waals surface area contributed by atoms with Gasteiger partial charge in [-0.15, -0.1) is 0 Å². The molecule has 0 aromatic heterocycles. The number of ketones is 1. The van der Waals surface area contributed by atoms with Gasteiger partial charge in [-0.1, -0.05) is 11.6 Å². The number of ether oxygens (including phenoxy) is 1. The van der Waals surface area contributed by atoms with Crippen molar-refractivity contribution in [1.29, 1.82) is 0 Å². The van der Waals surface area contributed by atoms with Crippen molar-refractivity contribution in [2.45, 2.75) is 31.8 Å². The summed E-state index contributed by atoms with van der Waals surface area (Å²) in [7, 11) is 0. The van der Waals surface area contributed by atoms with Gasteiger partial charge in [-0.3, -0.25) is 4.79 Å². The molecule has 0 aromatic carbocycles. The molecule has 0 aliphatic heterocycles. The van der Waals surface area contributed by atoms with Gasteiger partial charge in [-0.05, 0) is 12.8 Å². The van der Waals surface area contributed by atoms with Gasteiger partial charge in [0.15, 0.2) is 0 Å². The smallest absolute Gasteiger partial charge is 0.135 e. The summed E-state index contributed by atoms with van der Waals surface area (Å²) in [6, 6.07) is 0.206. The standard InChI is InChI=1S/C7H11ClO2/c8-5-10-7-3-1-2-6(9)4-7/h7H,1-5H2. The number of Topliss-reactive ketones (excluding diaryl/α,β-unsaturated/α-hetero) is 1. The number of rotatable bonds is 2. The van der Waals surface area contributed by atoms with Crippen LogP contribution in [0.3, 0.4) is 0 Å². The van der Waals surface area contributed by atoms with Crippen LogP contribution in [-0.2, 0) is 9.53 Å². The molecule has 0 amide bonds. The lowest BCUT2D eigenvalue weighted by atomic mass is 9.97. The van der Waals surface area contributed by atoms with Gasteiger partial charge in [0, 0.05) is 12.8 Å². The fourth-order valence-electron chi connectivity index (χ4n) is 1.22. The Bertz CT molecular complexity index is 123. The molecule has 1 saturated carbocycles. The fraction of sp³-hybridized carbons (Fsp3) is 0.857. The van der Waals surface area contributed by atoms with Crippen molar-refractivity contribution in [3.63, 3.8) is 0 Å².